The Kier molecular flexibility index (Phi) is 5.20. The van der Waals surface area contributed by atoms with Crippen molar-refractivity contribution in [2.45, 2.75) is 38.0 Å². The molecule has 8 heteroatoms. The number of nitrogens with one attached hydrogen (secondary N) is 1. The summed E-state index contributed by atoms with van der Waals surface area (Å²) < 4.78 is 19.3. The highest BCUT2D eigenvalue weighted by Gasteiger charge is 2.59. The Balaban J connectivity index is 1.18. The second kappa shape index (κ2) is 8.18. The standard InChI is InChI=1S/C24H23FN4O3/c25-18-3-5-19(6-4-18)32-22-15-26-21(14-27-22)28-23(30)20-13-24(20)9-1-2-17(12-24)16-7-10-29(31)11-8-16/h3-8,10-11,14-15,17,20H,1-2,9,12-13H2,(H,26,28,30)/t17-,20+,24-/m1/s1. The largest absolute Gasteiger partial charge is 0.619 e. The highest BCUT2D eigenvalue weighted by Crippen LogP contribution is 2.64. The third kappa shape index (κ3) is 4.26. The van der Waals surface area contributed by atoms with Crippen molar-refractivity contribution in [1.82, 2.24) is 9.97 Å². The first-order valence-corrected chi connectivity index (χ1v) is 10.8. The van der Waals surface area contributed by atoms with Crippen LogP contribution in [0.2, 0.25) is 0 Å². The molecule has 0 bridgehead atoms. The van der Waals surface area contributed by atoms with Gasteiger partial charge in [0.05, 0.1) is 12.4 Å². The summed E-state index contributed by atoms with van der Waals surface area (Å²) in [5.74, 6) is 1.06. The van der Waals surface area contributed by atoms with Crippen molar-refractivity contribution < 1.29 is 18.7 Å². The maximum absolute atomic E-state index is 13.0. The van der Waals surface area contributed by atoms with E-state index in [0.717, 1.165) is 36.8 Å². The summed E-state index contributed by atoms with van der Waals surface area (Å²) in [6.07, 6.45) is 11.0. The van der Waals surface area contributed by atoms with Crippen LogP contribution in [-0.4, -0.2) is 15.9 Å². The average Bonchev–Trinajstić information content (AvgIpc) is 3.50. The van der Waals surface area contributed by atoms with E-state index in [-0.39, 0.29) is 28.9 Å². The minimum absolute atomic E-state index is 0.0300. The number of nitrogens with zero attached hydrogens (tertiary/aromatic N) is 3. The van der Waals surface area contributed by atoms with Gasteiger partial charge in [0.25, 0.3) is 0 Å². The van der Waals surface area contributed by atoms with E-state index in [1.165, 1.54) is 54.6 Å². The molecule has 0 radical (unpaired) electrons. The fraction of sp³-hybridized carbons (Fsp3) is 0.333. The molecule has 2 heterocycles. The Bertz CT molecular complexity index is 1110. The minimum atomic E-state index is -0.344. The van der Waals surface area contributed by atoms with Crippen LogP contribution in [0.5, 0.6) is 11.6 Å². The first kappa shape index (κ1) is 20.4. The van der Waals surface area contributed by atoms with Crippen LogP contribution >= 0.6 is 0 Å². The first-order valence-electron chi connectivity index (χ1n) is 10.8. The molecular formula is C24H23FN4O3. The molecule has 2 aliphatic carbocycles. The molecule has 0 unspecified atom stereocenters. The molecule has 0 aliphatic heterocycles. The topological polar surface area (TPSA) is 91.0 Å². The van der Waals surface area contributed by atoms with E-state index in [1.54, 1.807) is 0 Å². The zero-order valence-electron chi connectivity index (χ0n) is 17.4. The number of aromatic nitrogens is 3. The number of ether oxygens (including phenoxy) is 1. The highest BCUT2D eigenvalue weighted by atomic mass is 19.1. The third-order valence-corrected chi connectivity index (χ3v) is 6.60. The summed E-state index contributed by atoms with van der Waals surface area (Å²) in [6.45, 7) is 0. The molecular weight excluding hydrogens is 411 g/mol. The molecule has 7 nitrogen and oxygen atoms in total. The lowest BCUT2D eigenvalue weighted by Crippen LogP contribution is -2.26. The average molecular weight is 434 g/mol. The molecule has 32 heavy (non-hydrogen) atoms. The fourth-order valence-corrected chi connectivity index (χ4v) is 4.87. The van der Waals surface area contributed by atoms with Gasteiger partial charge in [-0.05, 0) is 66.8 Å². The SMILES string of the molecule is O=C(Nc1cnc(Oc2ccc(F)cc2)cn1)[C@@H]1C[C@]12CCC[C@@H](c1cc[n+]([O-])cc1)C2. The van der Waals surface area contributed by atoms with E-state index >= 15 is 0 Å². The van der Waals surface area contributed by atoms with Crippen molar-refractivity contribution in [3.63, 3.8) is 0 Å². The number of amides is 1. The zero-order chi connectivity index (χ0) is 22.1. The van der Waals surface area contributed by atoms with Gasteiger partial charge in [-0.3, -0.25) is 4.79 Å². The minimum Gasteiger partial charge on any atom is -0.619 e. The van der Waals surface area contributed by atoms with E-state index in [1.807, 2.05) is 12.1 Å². The van der Waals surface area contributed by atoms with Crippen LogP contribution in [0.3, 0.4) is 0 Å². The normalized spacial score (nSPS) is 24.2. The van der Waals surface area contributed by atoms with Gasteiger partial charge in [0.1, 0.15) is 11.6 Å². The van der Waals surface area contributed by atoms with Crippen molar-refractivity contribution in [2.75, 3.05) is 5.32 Å². The molecule has 1 amide bonds. The first-order chi connectivity index (χ1) is 15.5. The molecule has 2 aromatic heterocycles. The van der Waals surface area contributed by atoms with Gasteiger partial charge in [0.15, 0.2) is 18.2 Å². The highest BCUT2D eigenvalue weighted by molar-refractivity contribution is 5.94. The maximum Gasteiger partial charge on any atom is 0.237 e. The number of pyridine rings is 1. The van der Waals surface area contributed by atoms with Crippen LogP contribution in [0.25, 0.3) is 0 Å². The molecule has 1 aromatic carbocycles. The Morgan fingerprint density at radius 3 is 2.62 bits per heavy atom. The van der Waals surface area contributed by atoms with Crippen molar-refractivity contribution in [1.29, 1.82) is 0 Å². The molecule has 2 aliphatic rings. The van der Waals surface area contributed by atoms with Crippen LogP contribution in [0.15, 0.2) is 61.2 Å². The van der Waals surface area contributed by atoms with Crippen LogP contribution in [0.4, 0.5) is 10.2 Å². The summed E-state index contributed by atoms with van der Waals surface area (Å²) in [7, 11) is 0. The number of rotatable bonds is 5. The molecule has 2 fully saturated rings. The van der Waals surface area contributed by atoms with E-state index in [0.29, 0.717) is 17.5 Å². The van der Waals surface area contributed by atoms with Crippen LogP contribution in [-0.2, 0) is 4.79 Å². The smallest absolute Gasteiger partial charge is 0.237 e. The van der Waals surface area contributed by atoms with Gasteiger partial charge in [-0.25, -0.2) is 14.4 Å². The van der Waals surface area contributed by atoms with Gasteiger partial charge in [-0.15, -0.1) is 0 Å². The summed E-state index contributed by atoms with van der Waals surface area (Å²) in [5, 5.41) is 14.2. The summed E-state index contributed by atoms with van der Waals surface area (Å²) >= 11 is 0. The predicted molar refractivity (Wildman–Crippen MR) is 114 cm³/mol. The Morgan fingerprint density at radius 2 is 1.91 bits per heavy atom. The van der Waals surface area contributed by atoms with Gasteiger partial charge in [0.2, 0.25) is 11.8 Å². The van der Waals surface area contributed by atoms with Gasteiger partial charge >= 0.3 is 0 Å². The zero-order valence-corrected chi connectivity index (χ0v) is 17.4. The van der Waals surface area contributed by atoms with Crippen LogP contribution in [0, 0.1) is 22.4 Å². The Labute approximate surface area is 184 Å². The molecule has 0 saturated heterocycles. The number of carbonyl (C=O) groups is 1. The summed E-state index contributed by atoms with van der Waals surface area (Å²) in [4.78, 5) is 21.2. The molecule has 5 rings (SSSR count). The van der Waals surface area contributed by atoms with Gasteiger partial charge in [-0.2, -0.15) is 4.73 Å². The monoisotopic (exact) mass is 434 g/mol. The van der Waals surface area contributed by atoms with E-state index < -0.39 is 0 Å². The molecule has 3 atom stereocenters. The number of hydrogen-bond donors (Lipinski definition) is 1. The molecule has 1 N–H and O–H groups in total. The van der Waals surface area contributed by atoms with E-state index in [2.05, 4.69) is 15.3 Å². The fourth-order valence-electron chi connectivity index (χ4n) is 4.87. The summed E-state index contributed by atoms with van der Waals surface area (Å²) in [6, 6.07) is 9.39. The lowest BCUT2D eigenvalue weighted by atomic mass is 9.75. The van der Waals surface area contributed by atoms with E-state index in [4.69, 9.17) is 4.74 Å². The second-order valence-electron chi connectivity index (χ2n) is 8.69. The Hall–Kier alpha value is -3.55. The van der Waals surface area contributed by atoms with E-state index in [9.17, 15) is 14.4 Å². The second-order valence-corrected chi connectivity index (χ2v) is 8.69. The maximum atomic E-state index is 13.0. The lowest BCUT2D eigenvalue weighted by Gasteiger charge is -2.30. The molecule has 1 spiro atoms. The number of halogens is 1. The van der Waals surface area contributed by atoms with Crippen LogP contribution < -0.4 is 14.8 Å². The van der Waals surface area contributed by atoms with Gasteiger partial charge in [0, 0.05) is 18.1 Å². The number of carbonyl (C=O) groups excluding carboxylic acids is 1. The number of hydrogen-bond acceptors (Lipinski definition) is 5. The predicted octanol–water partition coefficient (Wildman–Crippen LogP) is 4.34. The lowest BCUT2D eigenvalue weighted by molar-refractivity contribution is -0.605. The van der Waals surface area contributed by atoms with Crippen LogP contribution in [0.1, 0.15) is 43.6 Å². The van der Waals surface area contributed by atoms with Crippen molar-refractivity contribution in [3.8, 4) is 11.6 Å². The van der Waals surface area contributed by atoms with Crippen molar-refractivity contribution >= 4 is 11.7 Å². The van der Waals surface area contributed by atoms with Crippen molar-refractivity contribution in [3.05, 3.63) is 77.8 Å². The van der Waals surface area contributed by atoms with Crippen molar-refractivity contribution in [2.24, 2.45) is 11.3 Å². The quantitative estimate of drug-likeness (QED) is 0.476. The molecule has 3 aromatic rings. The number of anilines is 1. The Morgan fingerprint density at radius 1 is 1.12 bits per heavy atom. The summed E-state index contributed by atoms with van der Waals surface area (Å²) in [5.41, 5.74) is 1.21. The molecule has 2 saturated carbocycles. The van der Waals surface area contributed by atoms with Gasteiger partial charge < -0.3 is 15.3 Å². The third-order valence-electron chi connectivity index (χ3n) is 6.60. The number of benzene rings is 1. The molecule has 164 valence electrons. The van der Waals surface area contributed by atoms with Gasteiger partial charge in [-0.1, -0.05) is 6.42 Å².